The molecule has 4 aromatic rings. The van der Waals surface area contributed by atoms with Crippen LogP contribution in [0.2, 0.25) is 5.02 Å². The summed E-state index contributed by atoms with van der Waals surface area (Å²) in [6, 6.07) is 29.2. The van der Waals surface area contributed by atoms with Gasteiger partial charge in [0.05, 0.1) is 23.9 Å². The number of hydrogen-bond acceptors (Lipinski definition) is 4. The minimum absolute atomic E-state index is 0.268. The van der Waals surface area contributed by atoms with Crippen LogP contribution in [0.1, 0.15) is 46.2 Å². The summed E-state index contributed by atoms with van der Waals surface area (Å²) in [4.78, 5) is 4.70. The summed E-state index contributed by atoms with van der Waals surface area (Å²) < 4.78 is 11.6. The number of rotatable bonds is 7. The van der Waals surface area contributed by atoms with Gasteiger partial charge in [-0.25, -0.2) is 0 Å². The standard InChI is InChI=1S/C34H31ClN2O2/c1-22-11-16-31-29(17-22)27-9-6-10-28(27)33(37-31)25-12-14-26(15-13-25)36-20-24-18-30(35)34(32(19-24)38-2)39-21-23-7-4-3-5-8-23/h3-9,11-20,27-28,33,37H,10,21H2,1-2H3/t27-,28-,33-/m0/s1. The topological polar surface area (TPSA) is 42.8 Å². The first kappa shape index (κ1) is 25.3. The van der Waals surface area contributed by atoms with Crippen LogP contribution in [0.15, 0.2) is 102 Å². The lowest BCUT2D eigenvalue weighted by molar-refractivity contribution is 0.284. The van der Waals surface area contributed by atoms with E-state index in [4.69, 9.17) is 26.1 Å². The van der Waals surface area contributed by atoms with Crippen molar-refractivity contribution in [3.05, 3.63) is 130 Å². The minimum atomic E-state index is 0.268. The van der Waals surface area contributed by atoms with E-state index >= 15 is 0 Å². The van der Waals surface area contributed by atoms with Crippen molar-refractivity contribution >= 4 is 29.2 Å². The molecule has 196 valence electrons. The Morgan fingerprint density at radius 1 is 1.00 bits per heavy atom. The number of allylic oxidation sites excluding steroid dienone is 2. The maximum atomic E-state index is 6.58. The van der Waals surface area contributed by atoms with Gasteiger partial charge in [-0.3, -0.25) is 4.99 Å². The fourth-order valence-electron chi connectivity index (χ4n) is 5.64. The van der Waals surface area contributed by atoms with Gasteiger partial charge in [0.1, 0.15) is 6.61 Å². The van der Waals surface area contributed by atoms with Crippen LogP contribution in [0.3, 0.4) is 0 Å². The predicted octanol–water partition coefficient (Wildman–Crippen LogP) is 8.81. The maximum Gasteiger partial charge on any atom is 0.180 e. The molecule has 1 aliphatic carbocycles. The zero-order valence-electron chi connectivity index (χ0n) is 22.1. The second-order valence-corrected chi connectivity index (χ2v) is 10.6. The molecule has 3 atom stereocenters. The van der Waals surface area contributed by atoms with E-state index in [1.54, 1.807) is 13.3 Å². The largest absolute Gasteiger partial charge is 0.493 e. The van der Waals surface area contributed by atoms with E-state index in [9.17, 15) is 0 Å². The van der Waals surface area contributed by atoms with E-state index in [1.807, 2.05) is 42.5 Å². The summed E-state index contributed by atoms with van der Waals surface area (Å²) in [5, 5.41) is 4.30. The van der Waals surface area contributed by atoms with Gasteiger partial charge >= 0.3 is 0 Å². The summed E-state index contributed by atoms with van der Waals surface area (Å²) in [7, 11) is 1.62. The molecule has 5 heteroatoms. The number of halogens is 1. The molecule has 0 aromatic heterocycles. The number of ether oxygens (including phenoxy) is 2. The van der Waals surface area contributed by atoms with Crippen molar-refractivity contribution < 1.29 is 9.47 Å². The molecule has 39 heavy (non-hydrogen) atoms. The minimum Gasteiger partial charge on any atom is -0.493 e. The van der Waals surface area contributed by atoms with Gasteiger partial charge in [0.2, 0.25) is 0 Å². The van der Waals surface area contributed by atoms with Crippen LogP contribution in [0.25, 0.3) is 0 Å². The molecule has 0 fully saturated rings. The Balaban J connectivity index is 1.17. The van der Waals surface area contributed by atoms with Crippen LogP contribution in [-0.2, 0) is 6.61 Å². The van der Waals surface area contributed by atoms with Crippen LogP contribution in [0.5, 0.6) is 11.5 Å². The van der Waals surface area contributed by atoms with Crippen molar-refractivity contribution in [3.8, 4) is 11.5 Å². The fraction of sp³-hybridized carbons (Fsp3) is 0.206. The van der Waals surface area contributed by atoms with Gasteiger partial charge in [-0.2, -0.15) is 0 Å². The van der Waals surface area contributed by atoms with Crippen molar-refractivity contribution in [1.82, 2.24) is 0 Å². The Labute approximate surface area is 235 Å². The zero-order chi connectivity index (χ0) is 26.8. The number of aryl methyl sites for hydroxylation is 1. The van der Waals surface area contributed by atoms with Crippen LogP contribution in [0, 0.1) is 12.8 Å². The molecule has 1 heterocycles. The Morgan fingerprint density at radius 3 is 2.62 bits per heavy atom. The third kappa shape index (κ3) is 5.30. The van der Waals surface area contributed by atoms with Crippen LogP contribution < -0.4 is 14.8 Å². The second-order valence-electron chi connectivity index (χ2n) is 10.2. The summed E-state index contributed by atoms with van der Waals surface area (Å²) >= 11 is 6.58. The lowest BCUT2D eigenvalue weighted by Crippen LogP contribution is -2.29. The molecule has 0 saturated carbocycles. The molecular formula is C34H31ClN2O2. The molecular weight excluding hydrogens is 504 g/mol. The molecule has 0 bridgehead atoms. The highest BCUT2D eigenvalue weighted by molar-refractivity contribution is 6.32. The van der Waals surface area contributed by atoms with Crippen molar-refractivity contribution in [1.29, 1.82) is 0 Å². The van der Waals surface area contributed by atoms with Gasteiger partial charge in [0.25, 0.3) is 0 Å². The predicted molar refractivity (Wildman–Crippen MR) is 160 cm³/mol. The number of fused-ring (bicyclic) bond motifs is 3. The first-order valence-electron chi connectivity index (χ1n) is 13.3. The first-order chi connectivity index (χ1) is 19.1. The highest BCUT2D eigenvalue weighted by atomic mass is 35.5. The highest BCUT2D eigenvalue weighted by Gasteiger charge is 2.37. The van der Waals surface area contributed by atoms with Crippen LogP contribution in [-0.4, -0.2) is 13.3 Å². The van der Waals surface area contributed by atoms with Crippen molar-refractivity contribution in [2.45, 2.75) is 31.9 Å². The molecule has 2 aliphatic rings. The summed E-state index contributed by atoms with van der Waals surface area (Å²) in [6.07, 6.45) is 7.60. The third-order valence-corrected chi connectivity index (χ3v) is 7.89. The monoisotopic (exact) mass is 534 g/mol. The van der Waals surface area contributed by atoms with Crippen LogP contribution >= 0.6 is 11.6 Å². The second kappa shape index (κ2) is 11.0. The molecule has 0 spiro atoms. The Morgan fingerprint density at radius 2 is 1.82 bits per heavy atom. The summed E-state index contributed by atoms with van der Waals surface area (Å²) in [5.74, 6) is 2.09. The van der Waals surface area contributed by atoms with Gasteiger partial charge in [0, 0.05) is 17.8 Å². The van der Waals surface area contributed by atoms with Crippen molar-refractivity contribution in [2.75, 3.05) is 12.4 Å². The van der Waals surface area contributed by atoms with E-state index in [0.717, 1.165) is 23.2 Å². The SMILES string of the molecule is COc1cc(C=Nc2ccc([C@@H]3Nc4ccc(C)cc4[C@H]4C=CC[C@@H]43)cc2)cc(Cl)c1OCc1ccccc1. The maximum absolute atomic E-state index is 6.58. The van der Waals surface area contributed by atoms with E-state index in [0.29, 0.717) is 35.0 Å². The molecule has 0 saturated heterocycles. The highest BCUT2D eigenvalue weighted by Crippen LogP contribution is 2.50. The van der Waals surface area contributed by atoms with E-state index < -0.39 is 0 Å². The number of nitrogens with one attached hydrogen (secondary N) is 1. The molecule has 0 radical (unpaired) electrons. The third-order valence-electron chi connectivity index (χ3n) is 7.61. The van der Waals surface area contributed by atoms with Gasteiger partial charge in [-0.1, -0.05) is 83.9 Å². The molecule has 0 unspecified atom stereocenters. The summed E-state index contributed by atoms with van der Waals surface area (Å²) in [6.45, 7) is 2.58. The van der Waals surface area contributed by atoms with Crippen LogP contribution in [0.4, 0.5) is 11.4 Å². The van der Waals surface area contributed by atoms with Crippen molar-refractivity contribution in [3.63, 3.8) is 0 Å². The Bertz CT molecular complexity index is 1530. The number of aliphatic imine (C=N–C) groups is 1. The van der Waals surface area contributed by atoms with Gasteiger partial charge in [-0.15, -0.1) is 0 Å². The molecule has 0 amide bonds. The van der Waals surface area contributed by atoms with E-state index in [-0.39, 0.29) is 6.04 Å². The number of hydrogen-bond donors (Lipinski definition) is 1. The normalized spacial score (nSPS) is 19.4. The molecule has 1 N–H and O–H groups in total. The van der Waals surface area contributed by atoms with Gasteiger partial charge in [0.15, 0.2) is 11.5 Å². The summed E-state index contributed by atoms with van der Waals surface area (Å²) in [5.41, 5.74) is 8.03. The number of benzene rings is 4. The molecule has 4 nitrogen and oxygen atoms in total. The zero-order valence-corrected chi connectivity index (χ0v) is 22.9. The van der Waals surface area contributed by atoms with E-state index in [1.165, 1.54) is 22.4 Å². The lowest BCUT2D eigenvalue weighted by atomic mass is 9.76. The average Bonchev–Trinajstić information content (AvgIpc) is 3.46. The fourth-order valence-corrected chi connectivity index (χ4v) is 5.92. The van der Waals surface area contributed by atoms with Crippen molar-refractivity contribution in [2.24, 2.45) is 10.9 Å². The Kier molecular flexibility index (Phi) is 7.12. The van der Waals surface area contributed by atoms with Gasteiger partial charge in [-0.05, 0) is 71.8 Å². The number of anilines is 1. The average molecular weight is 535 g/mol. The first-order valence-corrected chi connectivity index (χ1v) is 13.7. The van der Waals surface area contributed by atoms with E-state index in [2.05, 4.69) is 66.9 Å². The number of nitrogens with zero attached hydrogens (tertiary/aromatic N) is 1. The van der Waals surface area contributed by atoms with Gasteiger partial charge < -0.3 is 14.8 Å². The smallest absolute Gasteiger partial charge is 0.180 e. The lowest BCUT2D eigenvalue weighted by Gasteiger charge is -2.37. The molecule has 6 rings (SSSR count). The molecule has 4 aromatic carbocycles. The molecule has 1 aliphatic heterocycles. The Hall–Kier alpha value is -4.02. The quantitative estimate of drug-likeness (QED) is 0.190. The number of methoxy groups -OCH3 is 1.